The van der Waals surface area contributed by atoms with Crippen molar-refractivity contribution in [2.45, 2.75) is 37.3 Å². The third-order valence-corrected chi connectivity index (χ3v) is 6.62. The van der Waals surface area contributed by atoms with E-state index >= 15 is 0 Å². The average molecular weight is 436 g/mol. The number of aliphatic hydroxyl groups is 1. The maximum atomic E-state index is 13.2. The second-order valence-electron chi connectivity index (χ2n) is 7.62. The number of nitrogens with one attached hydrogen (secondary N) is 1. The minimum atomic E-state index is -3.93. The number of aliphatic hydroxyl groups excluding tert-OH is 1. The Labute approximate surface area is 177 Å². The summed E-state index contributed by atoms with van der Waals surface area (Å²) in [5.74, 6) is 0.0344. The number of benzene rings is 2. The largest absolute Gasteiger partial charge is 0.390 e. The molecule has 0 fully saturated rings. The summed E-state index contributed by atoms with van der Waals surface area (Å²) in [5.41, 5.74) is 0.854. The number of nitro groups is 1. The van der Waals surface area contributed by atoms with Gasteiger partial charge in [0.15, 0.2) is 0 Å². The number of hydrogen-bond donors (Lipinski definition) is 2. The van der Waals surface area contributed by atoms with E-state index in [1.165, 1.54) is 28.6 Å². The van der Waals surface area contributed by atoms with Crippen LogP contribution in [-0.2, 0) is 16.4 Å². The minimum absolute atomic E-state index is 0.0344. The molecule has 0 spiro atoms. The van der Waals surface area contributed by atoms with Crippen molar-refractivity contribution in [2.24, 2.45) is 5.92 Å². The van der Waals surface area contributed by atoms with Crippen LogP contribution < -0.4 is 5.32 Å². The van der Waals surface area contributed by atoms with Gasteiger partial charge in [-0.1, -0.05) is 44.2 Å². The summed E-state index contributed by atoms with van der Waals surface area (Å²) in [4.78, 5) is 10.2. The lowest BCUT2D eigenvalue weighted by molar-refractivity contribution is -0.384. The summed E-state index contributed by atoms with van der Waals surface area (Å²) in [6, 6.07) is 14.1. The van der Waals surface area contributed by atoms with Gasteiger partial charge in [0.2, 0.25) is 10.0 Å². The molecule has 2 N–H and O–H groups in total. The lowest BCUT2D eigenvalue weighted by atomic mass is 10.0. The van der Waals surface area contributed by atoms with Gasteiger partial charge in [-0.3, -0.25) is 10.1 Å². The Morgan fingerprint density at radius 3 is 2.17 bits per heavy atom. The van der Waals surface area contributed by atoms with E-state index < -0.39 is 21.1 Å². The molecule has 0 unspecified atom stereocenters. The molecule has 2 aromatic rings. The monoisotopic (exact) mass is 435 g/mol. The van der Waals surface area contributed by atoms with Crippen LogP contribution in [0.1, 0.15) is 19.4 Å². The Bertz CT molecular complexity index is 917. The van der Waals surface area contributed by atoms with Crippen LogP contribution >= 0.6 is 0 Å². The summed E-state index contributed by atoms with van der Waals surface area (Å²) in [6.07, 6.45) is -0.396. The number of nitro benzene ring substituents is 1. The van der Waals surface area contributed by atoms with Crippen molar-refractivity contribution in [2.75, 3.05) is 20.1 Å². The van der Waals surface area contributed by atoms with Crippen molar-refractivity contribution in [3.8, 4) is 0 Å². The molecule has 0 bridgehead atoms. The van der Waals surface area contributed by atoms with Gasteiger partial charge < -0.3 is 10.4 Å². The van der Waals surface area contributed by atoms with Crippen molar-refractivity contribution in [3.05, 3.63) is 70.3 Å². The molecule has 2 atom stereocenters. The predicted octanol–water partition coefficient (Wildman–Crippen LogP) is 2.43. The SMILES string of the molecule is CN[C@@H](Cc1ccccc1)[C@H](O)CN(CC(C)C)S(=O)(=O)c1ccc([N+](=O)[O-])cc1. The molecule has 164 valence electrons. The highest BCUT2D eigenvalue weighted by Crippen LogP contribution is 2.21. The first-order chi connectivity index (χ1) is 14.1. The van der Waals surface area contributed by atoms with E-state index in [0.29, 0.717) is 6.42 Å². The molecule has 0 aliphatic rings. The fourth-order valence-electron chi connectivity index (χ4n) is 3.20. The topological polar surface area (TPSA) is 113 Å². The highest BCUT2D eigenvalue weighted by atomic mass is 32.2. The van der Waals surface area contributed by atoms with Gasteiger partial charge in [-0.15, -0.1) is 0 Å². The zero-order chi connectivity index (χ0) is 22.3. The van der Waals surface area contributed by atoms with Crippen LogP contribution in [0.25, 0.3) is 0 Å². The van der Waals surface area contributed by atoms with Crippen LogP contribution in [0.4, 0.5) is 5.69 Å². The average Bonchev–Trinajstić information content (AvgIpc) is 2.71. The lowest BCUT2D eigenvalue weighted by Crippen LogP contribution is -2.48. The molecule has 0 saturated carbocycles. The highest BCUT2D eigenvalue weighted by molar-refractivity contribution is 7.89. The third kappa shape index (κ3) is 6.33. The standard InChI is InChI=1S/C21H29N3O5S/c1-16(2)14-23(30(28,29)19-11-9-18(10-12-19)24(26)27)15-21(25)20(22-3)13-17-7-5-4-6-8-17/h4-12,16,20-22,25H,13-15H2,1-3H3/t20-,21+/m0/s1. The van der Waals surface area contributed by atoms with Crippen LogP contribution in [0.3, 0.4) is 0 Å². The fourth-order valence-corrected chi connectivity index (χ4v) is 4.82. The first-order valence-electron chi connectivity index (χ1n) is 9.79. The van der Waals surface area contributed by atoms with Crippen LogP contribution in [0.2, 0.25) is 0 Å². The Morgan fingerprint density at radius 1 is 1.07 bits per heavy atom. The summed E-state index contributed by atoms with van der Waals surface area (Å²) < 4.78 is 27.6. The summed E-state index contributed by atoms with van der Waals surface area (Å²) in [7, 11) is -2.19. The lowest BCUT2D eigenvalue weighted by Gasteiger charge is -2.30. The van der Waals surface area contributed by atoms with Crippen LogP contribution in [0, 0.1) is 16.0 Å². The second kappa shape index (κ2) is 10.6. The molecule has 0 heterocycles. The first kappa shape index (κ1) is 23.9. The molecule has 2 rings (SSSR count). The first-order valence-corrected chi connectivity index (χ1v) is 11.2. The van der Waals surface area contributed by atoms with Crippen molar-refractivity contribution in [1.29, 1.82) is 0 Å². The molecule has 0 amide bonds. The van der Waals surface area contributed by atoms with Crippen LogP contribution in [-0.4, -0.2) is 55.0 Å². The molecule has 0 radical (unpaired) electrons. The molecule has 30 heavy (non-hydrogen) atoms. The smallest absolute Gasteiger partial charge is 0.269 e. The highest BCUT2D eigenvalue weighted by Gasteiger charge is 2.30. The minimum Gasteiger partial charge on any atom is -0.390 e. The quantitative estimate of drug-likeness (QED) is 0.414. The van der Waals surface area contributed by atoms with Crippen molar-refractivity contribution >= 4 is 15.7 Å². The zero-order valence-electron chi connectivity index (χ0n) is 17.4. The van der Waals surface area contributed by atoms with E-state index in [0.717, 1.165) is 5.56 Å². The zero-order valence-corrected chi connectivity index (χ0v) is 18.2. The third-order valence-electron chi connectivity index (χ3n) is 4.78. The number of nitrogens with zero attached hydrogens (tertiary/aromatic N) is 2. The molecule has 2 aromatic carbocycles. The molecule has 8 nitrogen and oxygen atoms in total. The van der Waals surface area contributed by atoms with Gasteiger partial charge in [0, 0.05) is 31.3 Å². The Hall–Kier alpha value is -2.33. The van der Waals surface area contributed by atoms with Gasteiger partial charge in [0.1, 0.15) is 0 Å². The van der Waals surface area contributed by atoms with E-state index in [1.54, 1.807) is 7.05 Å². The van der Waals surface area contributed by atoms with Gasteiger partial charge in [-0.2, -0.15) is 4.31 Å². The van der Waals surface area contributed by atoms with E-state index in [4.69, 9.17) is 0 Å². The number of rotatable bonds is 11. The van der Waals surface area contributed by atoms with E-state index in [2.05, 4.69) is 5.32 Å². The predicted molar refractivity (Wildman–Crippen MR) is 116 cm³/mol. The molecule has 0 saturated heterocycles. The fraction of sp³-hybridized carbons (Fsp3) is 0.429. The van der Waals surface area contributed by atoms with Crippen LogP contribution in [0.5, 0.6) is 0 Å². The Morgan fingerprint density at radius 2 is 1.67 bits per heavy atom. The van der Waals surface area contributed by atoms with Crippen molar-refractivity contribution in [3.63, 3.8) is 0 Å². The number of non-ortho nitro benzene ring substituents is 1. The van der Waals surface area contributed by atoms with Gasteiger partial charge in [0.05, 0.1) is 15.9 Å². The molecular weight excluding hydrogens is 406 g/mol. The van der Waals surface area contributed by atoms with E-state index in [-0.39, 0.29) is 35.6 Å². The molecule has 0 aliphatic heterocycles. The summed E-state index contributed by atoms with van der Waals surface area (Å²) >= 11 is 0. The van der Waals surface area contributed by atoms with Gasteiger partial charge in [0.25, 0.3) is 5.69 Å². The molecule has 9 heteroatoms. The summed E-state index contributed by atoms with van der Waals surface area (Å²) in [5, 5.41) is 24.7. The van der Waals surface area contributed by atoms with E-state index in [1.807, 2.05) is 44.2 Å². The Balaban J connectivity index is 2.23. The van der Waals surface area contributed by atoms with Crippen molar-refractivity contribution in [1.82, 2.24) is 9.62 Å². The van der Waals surface area contributed by atoms with Crippen LogP contribution in [0.15, 0.2) is 59.5 Å². The maximum absolute atomic E-state index is 13.2. The summed E-state index contributed by atoms with van der Waals surface area (Å²) in [6.45, 7) is 3.92. The number of hydrogen-bond acceptors (Lipinski definition) is 6. The normalized spacial score (nSPS) is 14.1. The van der Waals surface area contributed by atoms with E-state index in [9.17, 15) is 23.6 Å². The van der Waals surface area contributed by atoms with Gasteiger partial charge >= 0.3 is 0 Å². The van der Waals surface area contributed by atoms with Gasteiger partial charge in [-0.25, -0.2) is 8.42 Å². The number of likely N-dealkylation sites (N-methyl/N-ethyl adjacent to an activating group) is 1. The molecule has 0 aliphatic carbocycles. The molecular formula is C21H29N3O5S. The second-order valence-corrected chi connectivity index (χ2v) is 9.56. The van der Waals surface area contributed by atoms with Crippen molar-refractivity contribution < 1.29 is 18.4 Å². The molecule has 0 aromatic heterocycles. The number of sulfonamides is 1. The van der Waals surface area contributed by atoms with Gasteiger partial charge in [-0.05, 0) is 37.1 Å². The Kier molecular flexibility index (Phi) is 8.48. The maximum Gasteiger partial charge on any atom is 0.269 e.